The van der Waals surface area contributed by atoms with E-state index in [1.165, 1.54) is 18.4 Å². The van der Waals surface area contributed by atoms with E-state index in [9.17, 15) is 4.79 Å². The van der Waals surface area contributed by atoms with Crippen LogP contribution in [0, 0.1) is 5.92 Å². The zero-order valence-electron chi connectivity index (χ0n) is 15.7. The number of piperidine rings is 1. The number of carbonyl (C=O) groups is 1. The Morgan fingerprint density at radius 2 is 2.08 bits per heavy atom. The molecule has 0 saturated carbocycles. The average molecular weight is 379 g/mol. The van der Waals surface area contributed by atoms with E-state index >= 15 is 0 Å². The maximum absolute atomic E-state index is 12.0. The Morgan fingerprint density at radius 3 is 2.73 bits per heavy atom. The Bertz CT molecular complexity index is 555. The molecule has 7 heteroatoms. The lowest BCUT2D eigenvalue weighted by Gasteiger charge is -2.31. The quantitative estimate of drug-likeness (QED) is 0.554. The molecule has 0 unspecified atom stereocenters. The van der Waals surface area contributed by atoms with Crippen molar-refractivity contribution in [2.75, 3.05) is 32.5 Å². The van der Waals surface area contributed by atoms with Crippen molar-refractivity contribution in [1.82, 2.24) is 20.2 Å². The molecule has 0 radical (unpaired) electrons. The molecule has 6 nitrogen and oxygen atoms in total. The lowest BCUT2D eigenvalue weighted by molar-refractivity contribution is -0.122. The molecule has 144 valence electrons. The summed E-state index contributed by atoms with van der Waals surface area (Å²) in [6.07, 6.45) is 12.3. The number of thioether (sulfide) groups is 1. The third-order valence-corrected chi connectivity index (χ3v) is 5.88. The van der Waals surface area contributed by atoms with E-state index in [1.54, 1.807) is 11.8 Å². The van der Waals surface area contributed by atoms with Gasteiger partial charge in [-0.15, -0.1) is 0 Å². The summed E-state index contributed by atoms with van der Waals surface area (Å²) in [5, 5.41) is 3.85. The number of nitrogens with zero attached hydrogens (tertiary/aromatic N) is 3. The molecule has 0 spiro atoms. The second-order valence-electron chi connectivity index (χ2n) is 7.28. The molecule has 2 aliphatic rings. The summed E-state index contributed by atoms with van der Waals surface area (Å²) in [6, 6.07) is 0. The highest BCUT2D eigenvalue weighted by Gasteiger charge is 2.21. The van der Waals surface area contributed by atoms with Crippen LogP contribution >= 0.6 is 11.8 Å². The number of hydrogen-bond donors (Lipinski definition) is 1. The van der Waals surface area contributed by atoms with Crippen LogP contribution < -0.4 is 5.32 Å². The first-order chi connectivity index (χ1) is 12.7. The van der Waals surface area contributed by atoms with Gasteiger partial charge >= 0.3 is 0 Å². The Kier molecular flexibility index (Phi) is 7.70. The van der Waals surface area contributed by atoms with E-state index in [0.29, 0.717) is 18.9 Å². The van der Waals surface area contributed by atoms with Crippen molar-refractivity contribution in [2.24, 2.45) is 5.92 Å². The van der Waals surface area contributed by atoms with Crippen LogP contribution in [0.5, 0.6) is 0 Å². The van der Waals surface area contributed by atoms with Crippen molar-refractivity contribution >= 4 is 17.7 Å². The number of ether oxygens (including phenoxy) is 1. The molecule has 2 fully saturated rings. The van der Waals surface area contributed by atoms with Gasteiger partial charge in [0.15, 0.2) is 5.16 Å². The van der Waals surface area contributed by atoms with Crippen molar-refractivity contribution in [3.8, 4) is 0 Å². The first kappa shape index (κ1) is 19.6. The zero-order valence-corrected chi connectivity index (χ0v) is 16.5. The summed E-state index contributed by atoms with van der Waals surface area (Å²) in [4.78, 5) is 23.2. The molecule has 1 aromatic rings. The van der Waals surface area contributed by atoms with Gasteiger partial charge in [0.1, 0.15) is 0 Å². The highest BCUT2D eigenvalue weighted by molar-refractivity contribution is 7.98. The van der Waals surface area contributed by atoms with Crippen LogP contribution in [0.25, 0.3) is 0 Å². The number of nitrogens with one attached hydrogen (secondary N) is 1. The van der Waals surface area contributed by atoms with Gasteiger partial charge in [-0.1, -0.05) is 11.8 Å². The highest BCUT2D eigenvalue weighted by atomic mass is 32.2. The van der Waals surface area contributed by atoms with Gasteiger partial charge in [-0.25, -0.2) is 9.97 Å². The van der Waals surface area contributed by atoms with Crippen molar-refractivity contribution in [3.63, 3.8) is 0 Å². The zero-order chi connectivity index (χ0) is 18.2. The molecular weight excluding hydrogens is 348 g/mol. The topological polar surface area (TPSA) is 67.4 Å². The second-order valence-corrected chi connectivity index (χ2v) is 8.05. The highest BCUT2D eigenvalue weighted by Crippen LogP contribution is 2.23. The summed E-state index contributed by atoms with van der Waals surface area (Å²) in [7, 11) is 0. The van der Waals surface area contributed by atoms with Crippen LogP contribution in [0.1, 0.15) is 44.1 Å². The molecule has 1 amide bonds. The standard InChI is InChI=1S/C19H30N4O2S/c1-26-19-21-11-16(12-22-19)14-23-8-6-15(7-9-23)4-5-18(24)20-13-17-3-2-10-25-17/h11-12,15,17H,2-10,13-14H2,1H3,(H,20,24)/t17-/m1/s1. The fourth-order valence-corrected chi connectivity index (χ4v) is 3.99. The van der Waals surface area contributed by atoms with Crippen LogP contribution in [-0.4, -0.2) is 59.4 Å². The van der Waals surface area contributed by atoms with Gasteiger partial charge in [0.25, 0.3) is 0 Å². The molecular formula is C19H30N4O2S. The minimum Gasteiger partial charge on any atom is -0.376 e. The van der Waals surface area contributed by atoms with Crippen LogP contribution in [0.4, 0.5) is 0 Å². The van der Waals surface area contributed by atoms with Gasteiger partial charge in [-0.3, -0.25) is 9.69 Å². The Hall–Kier alpha value is -1.18. The van der Waals surface area contributed by atoms with Crippen molar-refractivity contribution < 1.29 is 9.53 Å². The first-order valence-electron chi connectivity index (χ1n) is 9.68. The predicted molar refractivity (Wildman–Crippen MR) is 103 cm³/mol. The SMILES string of the molecule is CSc1ncc(CN2CCC(CCC(=O)NC[C@H]3CCCO3)CC2)cn1. The summed E-state index contributed by atoms with van der Waals surface area (Å²) in [5.41, 5.74) is 1.18. The predicted octanol–water partition coefficient (Wildman–Crippen LogP) is 2.49. The molecule has 0 aliphatic carbocycles. The Labute approximate surface area is 160 Å². The number of aromatic nitrogens is 2. The van der Waals surface area contributed by atoms with Crippen LogP contribution in [0.15, 0.2) is 17.6 Å². The van der Waals surface area contributed by atoms with Crippen LogP contribution in [0.3, 0.4) is 0 Å². The molecule has 1 atom stereocenters. The van der Waals surface area contributed by atoms with Crippen molar-refractivity contribution in [2.45, 2.75) is 56.3 Å². The van der Waals surface area contributed by atoms with Crippen molar-refractivity contribution in [3.05, 3.63) is 18.0 Å². The Morgan fingerprint density at radius 1 is 1.31 bits per heavy atom. The van der Waals surface area contributed by atoms with Crippen LogP contribution in [0.2, 0.25) is 0 Å². The number of hydrogen-bond acceptors (Lipinski definition) is 6. The molecule has 0 aromatic carbocycles. The van der Waals surface area contributed by atoms with E-state index in [4.69, 9.17) is 4.74 Å². The van der Waals surface area contributed by atoms with Gasteiger partial charge in [0, 0.05) is 44.1 Å². The van der Waals surface area contributed by atoms with Gasteiger partial charge in [-0.05, 0) is 57.4 Å². The molecule has 1 aromatic heterocycles. The number of likely N-dealkylation sites (tertiary alicyclic amines) is 1. The average Bonchev–Trinajstić information content (AvgIpc) is 3.20. The normalized spacial score (nSPS) is 21.8. The van der Waals surface area contributed by atoms with E-state index in [0.717, 1.165) is 50.7 Å². The smallest absolute Gasteiger partial charge is 0.220 e. The van der Waals surface area contributed by atoms with E-state index in [2.05, 4.69) is 20.2 Å². The second kappa shape index (κ2) is 10.2. The summed E-state index contributed by atoms with van der Waals surface area (Å²) >= 11 is 1.57. The van der Waals surface area contributed by atoms with Gasteiger partial charge in [-0.2, -0.15) is 0 Å². The number of carbonyl (C=O) groups excluding carboxylic acids is 1. The molecule has 2 aliphatic heterocycles. The van der Waals surface area contributed by atoms with Crippen molar-refractivity contribution in [1.29, 1.82) is 0 Å². The van der Waals surface area contributed by atoms with Crippen LogP contribution in [-0.2, 0) is 16.1 Å². The van der Waals surface area contributed by atoms with E-state index < -0.39 is 0 Å². The fourth-order valence-electron chi connectivity index (χ4n) is 3.68. The van der Waals surface area contributed by atoms with E-state index in [1.807, 2.05) is 18.6 Å². The maximum atomic E-state index is 12.0. The monoisotopic (exact) mass is 378 g/mol. The number of amides is 1. The molecule has 3 rings (SSSR count). The third-order valence-electron chi connectivity index (χ3n) is 5.31. The summed E-state index contributed by atoms with van der Waals surface area (Å²) < 4.78 is 5.54. The van der Waals surface area contributed by atoms with Gasteiger partial charge in [0.2, 0.25) is 5.91 Å². The van der Waals surface area contributed by atoms with Gasteiger partial charge < -0.3 is 10.1 Å². The largest absolute Gasteiger partial charge is 0.376 e. The molecule has 0 bridgehead atoms. The lowest BCUT2D eigenvalue weighted by atomic mass is 9.92. The minimum absolute atomic E-state index is 0.175. The molecule has 1 N–H and O–H groups in total. The third kappa shape index (κ3) is 6.21. The first-order valence-corrected chi connectivity index (χ1v) is 10.9. The lowest BCUT2D eigenvalue weighted by Crippen LogP contribution is -2.34. The number of rotatable bonds is 8. The maximum Gasteiger partial charge on any atom is 0.220 e. The molecule has 2 saturated heterocycles. The molecule has 3 heterocycles. The van der Waals surface area contributed by atoms with E-state index in [-0.39, 0.29) is 12.0 Å². The summed E-state index contributed by atoms with van der Waals surface area (Å²) in [5.74, 6) is 0.837. The summed E-state index contributed by atoms with van der Waals surface area (Å²) in [6.45, 7) is 4.61. The molecule has 26 heavy (non-hydrogen) atoms. The van der Waals surface area contributed by atoms with Gasteiger partial charge in [0.05, 0.1) is 6.10 Å². The Balaban J connectivity index is 1.29. The minimum atomic E-state index is 0.175. The fraction of sp³-hybridized carbons (Fsp3) is 0.737.